The molecule has 0 spiro atoms. The van der Waals surface area contributed by atoms with Crippen molar-refractivity contribution in [2.45, 2.75) is 6.92 Å². The largest absolute Gasteiger partial charge is 0.465 e. The molecular formula is C5H12N4O4. The fourth-order valence-electron chi connectivity index (χ4n) is 0.494. The molecule has 0 unspecified atom stereocenters. The van der Waals surface area contributed by atoms with E-state index in [1.165, 1.54) is 0 Å². The van der Waals surface area contributed by atoms with Gasteiger partial charge in [0.2, 0.25) is 5.96 Å². The Kier molecular flexibility index (Phi) is 5.52. The molecular weight excluding hydrogens is 180 g/mol. The van der Waals surface area contributed by atoms with Gasteiger partial charge in [-0.05, 0) is 6.92 Å². The van der Waals surface area contributed by atoms with Crippen LogP contribution in [0.5, 0.6) is 0 Å². The molecule has 0 aliphatic rings. The number of rotatable bonds is 4. The van der Waals surface area contributed by atoms with Crippen LogP contribution in [0.2, 0.25) is 0 Å². The van der Waals surface area contributed by atoms with Gasteiger partial charge < -0.3 is 10.5 Å². The van der Waals surface area contributed by atoms with E-state index in [9.17, 15) is 4.79 Å². The lowest BCUT2D eigenvalue weighted by Crippen LogP contribution is -2.42. The summed E-state index contributed by atoms with van der Waals surface area (Å²) in [6.45, 7) is 1.64. The maximum Gasteiger partial charge on any atom is 0.327 e. The molecule has 8 heteroatoms. The number of hydrogen-bond acceptors (Lipinski definition) is 6. The molecule has 0 radical (unpaired) electrons. The molecule has 0 aromatic carbocycles. The lowest BCUT2D eigenvalue weighted by atomic mass is 10.6. The van der Waals surface area contributed by atoms with Gasteiger partial charge in [-0.2, -0.15) is 0 Å². The van der Waals surface area contributed by atoms with Crippen LogP contribution in [-0.2, 0) is 9.53 Å². The van der Waals surface area contributed by atoms with Crippen LogP contribution in [0.15, 0.2) is 4.99 Å². The summed E-state index contributed by atoms with van der Waals surface area (Å²) in [5.74, 6) is -0.854. The van der Waals surface area contributed by atoms with E-state index in [4.69, 9.17) is 16.1 Å². The van der Waals surface area contributed by atoms with Gasteiger partial charge in [-0.1, -0.05) is 0 Å². The van der Waals surface area contributed by atoms with Crippen molar-refractivity contribution in [3.05, 3.63) is 0 Å². The predicted molar refractivity (Wildman–Crippen MR) is 41.7 cm³/mol. The number of aliphatic imine (C=N–C) groups is 1. The first kappa shape index (κ1) is 11.6. The van der Waals surface area contributed by atoms with Gasteiger partial charge >= 0.3 is 5.97 Å². The molecule has 0 rings (SSSR count). The van der Waals surface area contributed by atoms with Gasteiger partial charge in [0.1, 0.15) is 6.54 Å². The molecule has 0 atom stereocenters. The Hall–Kier alpha value is -1.38. The minimum atomic E-state index is -0.547. The van der Waals surface area contributed by atoms with Crippen LogP contribution in [0.3, 0.4) is 0 Å². The van der Waals surface area contributed by atoms with E-state index >= 15 is 0 Å². The fraction of sp³-hybridized carbons (Fsp3) is 0.600. The van der Waals surface area contributed by atoms with Crippen LogP contribution in [0.25, 0.3) is 0 Å². The summed E-state index contributed by atoms with van der Waals surface area (Å²) in [5, 5.41) is 16.0. The third kappa shape index (κ3) is 7.00. The minimum Gasteiger partial charge on any atom is -0.465 e. The third-order valence-electron chi connectivity index (χ3n) is 0.898. The maximum absolute atomic E-state index is 10.7. The van der Waals surface area contributed by atoms with Gasteiger partial charge in [0, 0.05) is 5.34 Å². The zero-order chi connectivity index (χ0) is 10.3. The van der Waals surface area contributed by atoms with E-state index in [0.717, 1.165) is 0 Å². The summed E-state index contributed by atoms with van der Waals surface area (Å²) in [6.07, 6.45) is 0. The molecule has 0 fully saturated rings. The molecule has 0 aromatic rings. The van der Waals surface area contributed by atoms with E-state index in [-0.39, 0.29) is 24.4 Å². The van der Waals surface area contributed by atoms with Crippen molar-refractivity contribution in [2.24, 2.45) is 10.7 Å². The lowest BCUT2D eigenvalue weighted by Gasteiger charge is -2.07. The molecule has 0 aliphatic heterocycles. The molecule has 13 heavy (non-hydrogen) atoms. The van der Waals surface area contributed by atoms with Crippen molar-refractivity contribution < 1.29 is 19.9 Å². The smallest absolute Gasteiger partial charge is 0.327 e. The Morgan fingerprint density at radius 3 is 2.77 bits per heavy atom. The fourth-order valence-corrected chi connectivity index (χ4v) is 0.494. The van der Waals surface area contributed by atoms with Gasteiger partial charge in [-0.25, -0.2) is 10.4 Å². The molecule has 5 N–H and O–H groups in total. The van der Waals surface area contributed by atoms with E-state index in [0.29, 0.717) is 0 Å². The summed E-state index contributed by atoms with van der Waals surface area (Å²) in [4.78, 5) is 14.1. The average molecular weight is 192 g/mol. The number of hydrogen-bond donors (Lipinski definition) is 4. The first-order valence-corrected chi connectivity index (χ1v) is 3.46. The number of carbonyl (C=O) groups is 1. The Labute approximate surface area is 74.5 Å². The minimum absolute atomic E-state index is 0.258. The van der Waals surface area contributed by atoms with E-state index < -0.39 is 5.97 Å². The Morgan fingerprint density at radius 1 is 1.69 bits per heavy atom. The van der Waals surface area contributed by atoms with E-state index in [1.807, 2.05) is 0 Å². The second kappa shape index (κ2) is 6.17. The van der Waals surface area contributed by atoms with Crippen LogP contribution in [0, 0.1) is 0 Å². The standard InChI is InChI=1S/C5H12N4O4/c1-2-13-4(10)3-7-5(6)8-9(11)12/h11-12H,2-3H2,1H3,(H3,6,7,8). The lowest BCUT2D eigenvalue weighted by molar-refractivity contribution is -0.329. The van der Waals surface area contributed by atoms with E-state index in [2.05, 4.69) is 9.73 Å². The topological polar surface area (TPSA) is 120 Å². The average Bonchev–Trinajstić information content (AvgIpc) is 2.00. The maximum atomic E-state index is 10.7. The van der Waals surface area contributed by atoms with Gasteiger partial charge in [-0.3, -0.25) is 15.2 Å². The molecule has 0 aromatic heterocycles. The van der Waals surface area contributed by atoms with Gasteiger partial charge in [0.05, 0.1) is 6.61 Å². The SMILES string of the molecule is CCOC(=O)CN=C(N)NN(O)O. The molecule has 0 aliphatic carbocycles. The van der Waals surface area contributed by atoms with Crippen molar-refractivity contribution in [2.75, 3.05) is 13.2 Å². The molecule has 8 nitrogen and oxygen atoms in total. The van der Waals surface area contributed by atoms with E-state index in [1.54, 1.807) is 12.3 Å². The van der Waals surface area contributed by atoms with Gasteiger partial charge in [0.15, 0.2) is 0 Å². The summed E-state index contributed by atoms with van der Waals surface area (Å²) in [6, 6.07) is 0. The van der Waals surface area contributed by atoms with Gasteiger partial charge in [-0.15, -0.1) is 0 Å². The first-order valence-electron chi connectivity index (χ1n) is 3.46. The first-order chi connectivity index (χ1) is 6.06. The number of nitrogens with zero attached hydrogens (tertiary/aromatic N) is 2. The molecule has 0 saturated heterocycles. The third-order valence-corrected chi connectivity index (χ3v) is 0.898. The van der Waals surface area contributed by atoms with Crippen LogP contribution >= 0.6 is 0 Å². The zero-order valence-electron chi connectivity index (χ0n) is 7.10. The number of hydrazine groups is 1. The second-order valence-corrected chi connectivity index (χ2v) is 1.91. The highest BCUT2D eigenvalue weighted by molar-refractivity contribution is 5.81. The van der Waals surface area contributed by atoms with Crippen molar-refractivity contribution >= 4 is 11.9 Å². The van der Waals surface area contributed by atoms with Crippen molar-refractivity contribution in [1.29, 1.82) is 0 Å². The number of nitrogens with one attached hydrogen (secondary N) is 1. The number of nitrogens with two attached hydrogens (primary N) is 1. The summed E-state index contributed by atoms with van der Waals surface area (Å²) in [5.41, 5.74) is 6.89. The Balaban J connectivity index is 3.75. The molecule has 0 heterocycles. The number of esters is 1. The Morgan fingerprint density at radius 2 is 2.31 bits per heavy atom. The van der Waals surface area contributed by atoms with Gasteiger partial charge in [0.25, 0.3) is 0 Å². The highest BCUT2D eigenvalue weighted by Gasteiger charge is 2.00. The van der Waals surface area contributed by atoms with Crippen LogP contribution in [0.1, 0.15) is 6.92 Å². The molecule has 0 amide bonds. The summed E-state index contributed by atoms with van der Waals surface area (Å²) >= 11 is 0. The highest BCUT2D eigenvalue weighted by Crippen LogP contribution is 1.79. The predicted octanol–water partition coefficient (Wildman–Crippen LogP) is -1.55. The molecule has 0 saturated carbocycles. The Bertz CT molecular complexity index is 193. The quantitative estimate of drug-likeness (QED) is 0.184. The van der Waals surface area contributed by atoms with Crippen molar-refractivity contribution in [3.63, 3.8) is 0 Å². The highest BCUT2D eigenvalue weighted by atomic mass is 16.8. The summed E-state index contributed by atoms with van der Waals surface area (Å²) < 4.78 is 4.53. The van der Waals surface area contributed by atoms with Crippen LogP contribution in [0.4, 0.5) is 0 Å². The second-order valence-electron chi connectivity index (χ2n) is 1.91. The number of carbonyl (C=O) groups excluding carboxylic acids is 1. The van der Waals surface area contributed by atoms with Crippen LogP contribution < -0.4 is 11.2 Å². The summed E-state index contributed by atoms with van der Waals surface area (Å²) in [7, 11) is 0. The molecule has 0 bridgehead atoms. The molecule has 76 valence electrons. The monoisotopic (exact) mass is 192 g/mol. The zero-order valence-corrected chi connectivity index (χ0v) is 7.10. The number of guanidine groups is 1. The van der Waals surface area contributed by atoms with Crippen LogP contribution in [-0.4, -0.2) is 40.8 Å². The van der Waals surface area contributed by atoms with Crippen molar-refractivity contribution in [3.8, 4) is 0 Å². The number of ether oxygens (including phenoxy) is 1. The normalized spacial score (nSPS) is 11.5. The van der Waals surface area contributed by atoms with Crippen molar-refractivity contribution in [1.82, 2.24) is 10.8 Å².